The minimum atomic E-state index is -0.492. The number of carbonyl (C=O) groups excluding carboxylic acids is 2. The topological polar surface area (TPSA) is 97.0 Å². The molecule has 7 heteroatoms. The number of hydrogen-bond acceptors (Lipinski definition) is 5. The Kier molecular flexibility index (Phi) is 3.56. The SMILES string of the molecule is CC(=O)Oc1ccccc1C(=O)Nc1n[nH]c(C)n1. The van der Waals surface area contributed by atoms with Gasteiger partial charge in [-0.25, -0.2) is 0 Å². The molecule has 0 bridgehead atoms. The fourth-order valence-corrected chi connectivity index (χ4v) is 1.47. The number of esters is 1. The van der Waals surface area contributed by atoms with Gasteiger partial charge >= 0.3 is 5.97 Å². The lowest BCUT2D eigenvalue weighted by Gasteiger charge is -2.07. The molecule has 0 unspecified atom stereocenters. The highest BCUT2D eigenvalue weighted by Gasteiger charge is 2.15. The Morgan fingerprint density at radius 1 is 1.32 bits per heavy atom. The van der Waals surface area contributed by atoms with Crippen LogP contribution in [0.3, 0.4) is 0 Å². The van der Waals surface area contributed by atoms with Crippen molar-refractivity contribution in [1.82, 2.24) is 15.2 Å². The Hall–Kier alpha value is -2.70. The number of hydrogen-bond donors (Lipinski definition) is 2. The molecule has 7 nitrogen and oxygen atoms in total. The van der Waals surface area contributed by atoms with Crippen molar-refractivity contribution >= 4 is 17.8 Å². The molecule has 1 aromatic carbocycles. The molecule has 1 amide bonds. The zero-order valence-corrected chi connectivity index (χ0v) is 10.4. The van der Waals surface area contributed by atoms with E-state index in [9.17, 15) is 9.59 Å². The number of nitrogens with one attached hydrogen (secondary N) is 2. The van der Waals surface area contributed by atoms with E-state index in [4.69, 9.17) is 4.74 Å². The van der Waals surface area contributed by atoms with Gasteiger partial charge < -0.3 is 4.74 Å². The first kappa shape index (κ1) is 12.7. The van der Waals surface area contributed by atoms with Gasteiger partial charge in [0.2, 0.25) is 5.95 Å². The highest BCUT2D eigenvalue weighted by Crippen LogP contribution is 2.19. The van der Waals surface area contributed by atoms with Crippen LogP contribution in [0, 0.1) is 6.92 Å². The first-order valence-electron chi connectivity index (χ1n) is 5.54. The normalized spacial score (nSPS) is 10.0. The third kappa shape index (κ3) is 3.15. The van der Waals surface area contributed by atoms with E-state index in [2.05, 4.69) is 20.5 Å². The largest absolute Gasteiger partial charge is 0.426 e. The van der Waals surface area contributed by atoms with Gasteiger partial charge in [-0.1, -0.05) is 12.1 Å². The highest BCUT2D eigenvalue weighted by atomic mass is 16.5. The standard InChI is InChI=1S/C12H12N4O3/c1-7-13-12(16-15-7)14-11(18)9-5-3-4-6-10(9)19-8(2)17/h3-6H,1-2H3,(H2,13,14,15,16,18). The number of H-pyrrole nitrogens is 1. The number of aryl methyl sites for hydroxylation is 1. The summed E-state index contributed by atoms with van der Waals surface area (Å²) in [5, 5.41) is 8.92. The molecule has 0 fully saturated rings. The lowest BCUT2D eigenvalue weighted by atomic mass is 10.2. The Morgan fingerprint density at radius 3 is 2.68 bits per heavy atom. The van der Waals surface area contributed by atoms with Gasteiger partial charge in [-0.3, -0.25) is 20.0 Å². The number of aromatic amines is 1. The minimum Gasteiger partial charge on any atom is -0.426 e. The minimum absolute atomic E-state index is 0.167. The van der Waals surface area contributed by atoms with Gasteiger partial charge in [-0.05, 0) is 19.1 Å². The van der Waals surface area contributed by atoms with Crippen molar-refractivity contribution in [2.45, 2.75) is 13.8 Å². The lowest BCUT2D eigenvalue weighted by molar-refractivity contribution is -0.131. The molecular weight excluding hydrogens is 248 g/mol. The summed E-state index contributed by atoms with van der Waals surface area (Å²) in [6, 6.07) is 6.43. The van der Waals surface area contributed by atoms with Crippen molar-refractivity contribution in [3.8, 4) is 5.75 Å². The predicted octanol–water partition coefficient (Wildman–Crippen LogP) is 1.29. The molecule has 2 aromatic rings. The first-order valence-corrected chi connectivity index (χ1v) is 5.54. The third-order valence-electron chi connectivity index (χ3n) is 2.21. The maximum atomic E-state index is 12.0. The van der Waals surface area contributed by atoms with E-state index >= 15 is 0 Å². The van der Waals surface area contributed by atoms with Gasteiger partial charge in [0.05, 0.1) is 5.56 Å². The van der Waals surface area contributed by atoms with E-state index in [1.165, 1.54) is 6.92 Å². The average Bonchev–Trinajstić information content (AvgIpc) is 2.74. The highest BCUT2D eigenvalue weighted by molar-refractivity contribution is 6.05. The van der Waals surface area contributed by atoms with Crippen LogP contribution in [0.15, 0.2) is 24.3 Å². The van der Waals surface area contributed by atoms with Crippen LogP contribution in [0.1, 0.15) is 23.1 Å². The number of nitrogens with zero attached hydrogens (tertiary/aromatic N) is 2. The van der Waals surface area contributed by atoms with Crippen molar-refractivity contribution in [3.05, 3.63) is 35.7 Å². The molecule has 2 rings (SSSR count). The second-order valence-electron chi connectivity index (χ2n) is 3.79. The van der Waals surface area contributed by atoms with Gasteiger partial charge in [-0.2, -0.15) is 4.98 Å². The zero-order valence-electron chi connectivity index (χ0n) is 10.4. The van der Waals surface area contributed by atoms with E-state index in [0.717, 1.165) is 0 Å². The summed E-state index contributed by atoms with van der Waals surface area (Å²) < 4.78 is 4.96. The van der Waals surface area contributed by atoms with Crippen LogP contribution in [0.5, 0.6) is 5.75 Å². The monoisotopic (exact) mass is 260 g/mol. The molecule has 1 heterocycles. The molecule has 0 atom stereocenters. The fourth-order valence-electron chi connectivity index (χ4n) is 1.47. The van der Waals surface area contributed by atoms with Crippen LogP contribution in [0.25, 0.3) is 0 Å². The van der Waals surface area contributed by atoms with Crippen LogP contribution in [-0.4, -0.2) is 27.1 Å². The molecule has 2 N–H and O–H groups in total. The Bertz CT molecular complexity index is 621. The molecule has 0 radical (unpaired) electrons. The maximum Gasteiger partial charge on any atom is 0.308 e. The molecular formula is C12H12N4O3. The smallest absolute Gasteiger partial charge is 0.308 e. The van der Waals surface area contributed by atoms with Crippen molar-refractivity contribution in [1.29, 1.82) is 0 Å². The average molecular weight is 260 g/mol. The second-order valence-corrected chi connectivity index (χ2v) is 3.79. The summed E-state index contributed by atoms with van der Waals surface area (Å²) in [7, 11) is 0. The van der Waals surface area contributed by atoms with Crippen LogP contribution in [-0.2, 0) is 4.79 Å². The summed E-state index contributed by atoms with van der Waals surface area (Å²) in [5.74, 6) is 0.00768. The number of anilines is 1. The molecule has 0 spiro atoms. The third-order valence-corrected chi connectivity index (χ3v) is 2.21. The fraction of sp³-hybridized carbons (Fsp3) is 0.167. The summed E-state index contributed by atoms with van der Waals surface area (Å²) in [6.45, 7) is 2.99. The lowest BCUT2D eigenvalue weighted by Crippen LogP contribution is -2.15. The summed E-state index contributed by atoms with van der Waals surface area (Å²) in [6.07, 6.45) is 0. The van der Waals surface area contributed by atoms with Crippen molar-refractivity contribution in [3.63, 3.8) is 0 Å². The number of carbonyl (C=O) groups is 2. The molecule has 0 saturated heterocycles. The van der Waals surface area contributed by atoms with Gasteiger partial charge in [0.15, 0.2) is 0 Å². The first-order chi connectivity index (χ1) is 9.06. The van der Waals surface area contributed by atoms with E-state index in [-0.39, 0.29) is 17.3 Å². The summed E-state index contributed by atoms with van der Waals surface area (Å²) in [4.78, 5) is 27.0. The van der Waals surface area contributed by atoms with E-state index < -0.39 is 11.9 Å². The number of para-hydroxylation sites is 1. The predicted molar refractivity (Wildman–Crippen MR) is 66.8 cm³/mol. The maximum absolute atomic E-state index is 12.0. The van der Waals surface area contributed by atoms with Crippen molar-refractivity contribution < 1.29 is 14.3 Å². The number of ether oxygens (including phenoxy) is 1. The van der Waals surface area contributed by atoms with Crippen molar-refractivity contribution in [2.24, 2.45) is 0 Å². The summed E-state index contributed by atoms with van der Waals surface area (Å²) in [5.41, 5.74) is 0.236. The van der Waals surface area contributed by atoms with E-state index in [1.54, 1.807) is 31.2 Å². The zero-order chi connectivity index (χ0) is 13.8. The van der Waals surface area contributed by atoms with Crippen LogP contribution in [0.4, 0.5) is 5.95 Å². The van der Waals surface area contributed by atoms with E-state index in [0.29, 0.717) is 5.82 Å². The van der Waals surface area contributed by atoms with Gasteiger partial charge in [-0.15, -0.1) is 5.10 Å². The van der Waals surface area contributed by atoms with Gasteiger partial charge in [0.25, 0.3) is 5.91 Å². The van der Waals surface area contributed by atoms with Crippen LogP contribution in [0.2, 0.25) is 0 Å². The number of benzene rings is 1. The van der Waals surface area contributed by atoms with Crippen LogP contribution < -0.4 is 10.1 Å². The Balaban J connectivity index is 2.21. The molecule has 0 aliphatic rings. The number of rotatable bonds is 3. The second kappa shape index (κ2) is 5.30. The van der Waals surface area contributed by atoms with Gasteiger partial charge in [0.1, 0.15) is 11.6 Å². The molecule has 19 heavy (non-hydrogen) atoms. The Labute approximate surface area is 109 Å². The molecule has 0 aliphatic carbocycles. The van der Waals surface area contributed by atoms with Gasteiger partial charge in [0, 0.05) is 6.92 Å². The van der Waals surface area contributed by atoms with Crippen LogP contribution >= 0.6 is 0 Å². The number of aromatic nitrogens is 3. The van der Waals surface area contributed by atoms with E-state index in [1.807, 2.05) is 0 Å². The molecule has 98 valence electrons. The quantitative estimate of drug-likeness (QED) is 0.640. The molecule has 0 aliphatic heterocycles. The summed E-state index contributed by atoms with van der Waals surface area (Å²) >= 11 is 0. The Morgan fingerprint density at radius 2 is 2.05 bits per heavy atom. The number of amides is 1. The molecule has 0 saturated carbocycles. The molecule has 1 aromatic heterocycles. The van der Waals surface area contributed by atoms with Crippen molar-refractivity contribution in [2.75, 3.05) is 5.32 Å².